The second-order valence-electron chi connectivity index (χ2n) is 4.31. The zero-order valence-electron chi connectivity index (χ0n) is 9.00. The molecule has 0 nitrogen and oxygen atoms in total. The van der Waals surface area contributed by atoms with Crippen molar-refractivity contribution in [1.82, 2.24) is 0 Å². The highest BCUT2D eigenvalue weighted by Gasteiger charge is 2.21. The Morgan fingerprint density at radius 2 is 1.59 bits per heavy atom. The Bertz CT molecular complexity index is 757. The van der Waals surface area contributed by atoms with Crippen LogP contribution in [-0.4, -0.2) is 0 Å². The van der Waals surface area contributed by atoms with Gasteiger partial charge in [-0.25, -0.2) is 4.39 Å². The molecule has 0 saturated heterocycles. The van der Waals surface area contributed by atoms with E-state index in [0.717, 1.165) is 21.9 Å². The molecule has 0 bridgehead atoms. The van der Waals surface area contributed by atoms with Gasteiger partial charge in [0, 0.05) is 11.6 Å². The summed E-state index contributed by atoms with van der Waals surface area (Å²) in [5.74, 6) is -0.290. The molecule has 0 fully saturated rings. The third-order valence-corrected chi connectivity index (χ3v) is 3.36. The van der Waals surface area contributed by atoms with E-state index in [1.807, 2.05) is 30.3 Å². The summed E-state index contributed by atoms with van der Waals surface area (Å²) >= 11 is 0. The van der Waals surface area contributed by atoms with E-state index < -0.39 is 0 Å². The fourth-order valence-corrected chi connectivity index (χ4v) is 2.69. The Labute approximate surface area is 98.3 Å². The van der Waals surface area contributed by atoms with Gasteiger partial charge < -0.3 is 0 Å². The molecule has 1 heteroatoms. The van der Waals surface area contributed by atoms with E-state index in [0.29, 0.717) is 0 Å². The molecule has 0 aliphatic heterocycles. The normalized spacial score (nSPS) is 11.8. The Balaban J connectivity index is 2.30. The highest BCUT2D eigenvalue weighted by molar-refractivity contribution is 6.14. The van der Waals surface area contributed by atoms with Gasteiger partial charge in [0.15, 0.2) is 0 Å². The lowest BCUT2D eigenvalue weighted by Gasteiger charge is -2.01. The fraction of sp³-hybridized carbons (Fsp3) is 0. The van der Waals surface area contributed by atoms with Crippen LogP contribution < -0.4 is 0 Å². The van der Waals surface area contributed by atoms with Crippen LogP contribution in [0.3, 0.4) is 0 Å². The summed E-state index contributed by atoms with van der Waals surface area (Å²) in [4.78, 5) is 0. The minimum Gasteiger partial charge on any atom is -0.206 e. The highest BCUT2D eigenvalue weighted by atomic mass is 19.1. The lowest BCUT2D eigenvalue weighted by atomic mass is 10.0. The van der Waals surface area contributed by atoms with Gasteiger partial charge in [-0.3, -0.25) is 0 Å². The molecule has 0 spiro atoms. The quantitative estimate of drug-likeness (QED) is 0.410. The summed E-state index contributed by atoms with van der Waals surface area (Å²) in [5.41, 5.74) is 4.34. The third-order valence-electron chi connectivity index (χ3n) is 3.36. The topological polar surface area (TPSA) is 0 Å². The van der Waals surface area contributed by atoms with Crippen LogP contribution in [0.15, 0.2) is 48.5 Å². The average Bonchev–Trinajstić information content (AvgIpc) is 2.67. The molecule has 79 valence electrons. The maximum atomic E-state index is 13.5. The first-order valence-electron chi connectivity index (χ1n) is 5.59. The van der Waals surface area contributed by atoms with Crippen molar-refractivity contribution in [3.63, 3.8) is 0 Å². The molecular weight excluding hydrogens is 211 g/mol. The fourth-order valence-electron chi connectivity index (χ4n) is 2.69. The van der Waals surface area contributed by atoms with Crippen LogP contribution in [0.25, 0.3) is 33.0 Å². The van der Waals surface area contributed by atoms with Crippen molar-refractivity contribution < 1.29 is 4.39 Å². The van der Waals surface area contributed by atoms with Crippen molar-refractivity contribution in [3.05, 3.63) is 60.4 Å². The molecule has 0 amide bonds. The van der Waals surface area contributed by atoms with Crippen molar-refractivity contribution in [2.24, 2.45) is 0 Å². The van der Waals surface area contributed by atoms with E-state index in [-0.39, 0.29) is 5.82 Å². The molecule has 1 radical (unpaired) electrons. The largest absolute Gasteiger partial charge is 0.206 e. The lowest BCUT2D eigenvalue weighted by Crippen LogP contribution is -1.80. The first-order valence-corrected chi connectivity index (χ1v) is 5.59. The van der Waals surface area contributed by atoms with Crippen LogP contribution in [0.5, 0.6) is 0 Å². The van der Waals surface area contributed by atoms with E-state index in [1.54, 1.807) is 6.07 Å². The first-order chi connectivity index (χ1) is 8.34. The molecule has 0 aromatic heterocycles. The Morgan fingerprint density at radius 1 is 0.824 bits per heavy atom. The van der Waals surface area contributed by atoms with Crippen molar-refractivity contribution in [2.75, 3.05) is 0 Å². The summed E-state index contributed by atoms with van der Waals surface area (Å²) in [5, 5.41) is 2.07. The molecular formula is C16H8F. The van der Waals surface area contributed by atoms with Gasteiger partial charge in [-0.05, 0) is 33.5 Å². The van der Waals surface area contributed by atoms with Crippen LogP contribution >= 0.6 is 0 Å². The SMILES string of the molecule is Fc1[c]c2c3c(cccc3c1)-c1ccccc1-2. The van der Waals surface area contributed by atoms with Gasteiger partial charge in [0.25, 0.3) is 0 Å². The van der Waals surface area contributed by atoms with E-state index in [9.17, 15) is 4.39 Å². The second-order valence-corrected chi connectivity index (χ2v) is 4.31. The minimum atomic E-state index is -0.290. The zero-order valence-corrected chi connectivity index (χ0v) is 9.00. The highest BCUT2D eigenvalue weighted by Crippen LogP contribution is 2.46. The molecule has 1 aliphatic carbocycles. The lowest BCUT2D eigenvalue weighted by molar-refractivity contribution is 0.628. The Kier molecular flexibility index (Phi) is 1.55. The van der Waals surface area contributed by atoms with Gasteiger partial charge in [0.05, 0.1) is 0 Å². The number of benzene rings is 3. The average molecular weight is 219 g/mol. The van der Waals surface area contributed by atoms with Gasteiger partial charge >= 0.3 is 0 Å². The summed E-state index contributed by atoms with van der Waals surface area (Å²) < 4.78 is 13.5. The molecule has 4 rings (SSSR count). The van der Waals surface area contributed by atoms with Crippen LogP contribution in [0, 0.1) is 11.9 Å². The predicted octanol–water partition coefficient (Wildman–Crippen LogP) is 4.43. The van der Waals surface area contributed by atoms with E-state index in [2.05, 4.69) is 18.2 Å². The zero-order chi connectivity index (χ0) is 11.4. The van der Waals surface area contributed by atoms with Gasteiger partial charge in [0.2, 0.25) is 0 Å². The molecule has 3 aromatic rings. The number of hydrogen-bond acceptors (Lipinski definition) is 0. The smallest absolute Gasteiger partial charge is 0.132 e. The molecule has 3 aromatic carbocycles. The maximum Gasteiger partial charge on any atom is 0.132 e. The van der Waals surface area contributed by atoms with Crippen LogP contribution in [0.4, 0.5) is 4.39 Å². The summed E-state index contributed by atoms with van der Waals surface area (Å²) in [6.07, 6.45) is 0. The van der Waals surface area contributed by atoms with Crippen LogP contribution in [-0.2, 0) is 0 Å². The second kappa shape index (κ2) is 2.95. The summed E-state index contributed by atoms with van der Waals surface area (Å²) in [6, 6.07) is 18.5. The van der Waals surface area contributed by atoms with Gasteiger partial charge in [-0.15, -0.1) is 0 Å². The number of rotatable bonds is 0. The molecule has 0 saturated carbocycles. The Hall–Kier alpha value is -2.15. The standard InChI is InChI=1S/C16H8F/c17-11-8-10-4-3-7-14-12-5-1-2-6-13(12)15(9-11)16(10)14/h1-8H. The number of halogens is 1. The van der Waals surface area contributed by atoms with E-state index in [4.69, 9.17) is 0 Å². The van der Waals surface area contributed by atoms with Crippen molar-refractivity contribution >= 4 is 10.8 Å². The Morgan fingerprint density at radius 3 is 2.47 bits per heavy atom. The first kappa shape index (κ1) is 8.94. The molecule has 1 aliphatic rings. The summed E-state index contributed by atoms with van der Waals surface area (Å²) in [6.45, 7) is 0. The number of fused-ring (bicyclic) bond motifs is 3. The van der Waals surface area contributed by atoms with Gasteiger partial charge in [-0.2, -0.15) is 0 Å². The minimum absolute atomic E-state index is 0.290. The molecule has 0 N–H and O–H groups in total. The van der Waals surface area contributed by atoms with Gasteiger partial charge in [-0.1, -0.05) is 42.5 Å². The van der Waals surface area contributed by atoms with Crippen molar-refractivity contribution in [3.8, 4) is 22.3 Å². The monoisotopic (exact) mass is 219 g/mol. The molecule has 0 heterocycles. The van der Waals surface area contributed by atoms with Crippen LogP contribution in [0.2, 0.25) is 0 Å². The van der Waals surface area contributed by atoms with Crippen molar-refractivity contribution in [1.29, 1.82) is 0 Å². The molecule has 0 unspecified atom stereocenters. The third kappa shape index (κ3) is 1.06. The maximum absolute atomic E-state index is 13.5. The van der Waals surface area contributed by atoms with Crippen molar-refractivity contribution in [2.45, 2.75) is 0 Å². The molecule has 0 atom stereocenters. The molecule has 17 heavy (non-hydrogen) atoms. The predicted molar refractivity (Wildman–Crippen MR) is 67.2 cm³/mol. The van der Waals surface area contributed by atoms with Crippen LogP contribution in [0.1, 0.15) is 0 Å². The number of hydrogen-bond donors (Lipinski definition) is 0. The van der Waals surface area contributed by atoms with E-state index >= 15 is 0 Å². The van der Waals surface area contributed by atoms with E-state index in [1.165, 1.54) is 11.1 Å². The summed E-state index contributed by atoms with van der Waals surface area (Å²) in [7, 11) is 0. The van der Waals surface area contributed by atoms with Gasteiger partial charge in [0.1, 0.15) is 5.82 Å².